The molecule has 2 aliphatic rings. The van der Waals surface area contributed by atoms with Crippen LogP contribution in [-0.4, -0.2) is 62.0 Å². The van der Waals surface area contributed by atoms with Gasteiger partial charge < -0.3 is 19.6 Å². The van der Waals surface area contributed by atoms with Crippen molar-refractivity contribution in [3.63, 3.8) is 0 Å². The van der Waals surface area contributed by atoms with Gasteiger partial charge in [-0.05, 0) is 36.5 Å². The third kappa shape index (κ3) is 4.82. The molecule has 170 valence electrons. The Morgan fingerprint density at radius 2 is 2.09 bits per heavy atom. The van der Waals surface area contributed by atoms with Gasteiger partial charge in [-0.3, -0.25) is 5.32 Å². The molecule has 0 aliphatic carbocycles. The highest BCUT2D eigenvalue weighted by Gasteiger charge is 2.29. The molecule has 7 nitrogen and oxygen atoms in total. The molecular formula is C22H24Cl2N4O3S. The van der Waals surface area contributed by atoms with Crippen LogP contribution in [0.15, 0.2) is 18.2 Å². The summed E-state index contributed by atoms with van der Waals surface area (Å²) in [5.41, 5.74) is 1.72. The Bertz CT molecular complexity index is 1030. The Kier molecular flexibility index (Phi) is 7.44. The summed E-state index contributed by atoms with van der Waals surface area (Å²) in [7, 11) is 0. The molecule has 2 amide bonds. The molecule has 10 heteroatoms. The van der Waals surface area contributed by atoms with Gasteiger partial charge in [0.2, 0.25) is 5.69 Å². The largest absolute Gasteiger partial charge is 0.396 e. The van der Waals surface area contributed by atoms with Crippen LogP contribution in [0, 0.1) is 12.5 Å². The number of nitrogens with one attached hydrogen (secondary N) is 1. The van der Waals surface area contributed by atoms with Gasteiger partial charge in [0.25, 0.3) is 0 Å². The number of anilines is 2. The molecule has 2 saturated heterocycles. The Labute approximate surface area is 201 Å². The number of carbonyl (C=O) groups is 1. The van der Waals surface area contributed by atoms with Gasteiger partial charge in [-0.15, -0.1) is 11.3 Å². The van der Waals surface area contributed by atoms with Crippen molar-refractivity contribution >= 4 is 56.3 Å². The second-order valence-corrected chi connectivity index (χ2v) is 9.71. The van der Waals surface area contributed by atoms with Crippen molar-refractivity contribution in [2.75, 3.05) is 56.2 Å². The van der Waals surface area contributed by atoms with Gasteiger partial charge in [0.1, 0.15) is 0 Å². The first-order valence-corrected chi connectivity index (χ1v) is 12.1. The normalized spacial score (nSPS) is 19.0. The zero-order valence-corrected chi connectivity index (χ0v) is 19.8. The fraction of sp³-hybridized carbons (Fsp3) is 0.455. The summed E-state index contributed by atoms with van der Waals surface area (Å²) in [6.45, 7) is 11.6. The zero-order chi connectivity index (χ0) is 22.7. The van der Waals surface area contributed by atoms with E-state index in [0.717, 1.165) is 17.8 Å². The molecule has 2 aliphatic heterocycles. The van der Waals surface area contributed by atoms with E-state index in [-0.39, 0.29) is 18.6 Å². The molecule has 2 aromatic rings. The number of benzene rings is 1. The molecule has 0 radical (unpaired) electrons. The van der Waals surface area contributed by atoms with Gasteiger partial charge >= 0.3 is 6.03 Å². The van der Waals surface area contributed by atoms with Crippen LogP contribution >= 0.6 is 34.5 Å². The van der Waals surface area contributed by atoms with Crippen molar-refractivity contribution in [1.29, 1.82) is 0 Å². The van der Waals surface area contributed by atoms with Crippen LogP contribution in [0.1, 0.15) is 12.8 Å². The molecule has 4 rings (SSSR count). The van der Waals surface area contributed by atoms with Gasteiger partial charge in [0.05, 0.1) is 29.8 Å². The van der Waals surface area contributed by atoms with Gasteiger partial charge in [0.15, 0.2) is 0 Å². The van der Waals surface area contributed by atoms with Crippen molar-refractivity contribution < 1.29 is 14.6 Å². The summed E-state index contributed by atoms with van der Waals surface area (Å²) >= 11 is 14.0. The Morgan fingerprint density at radius 3 is 2.78 bits per heavy atom. The summed E-state index contributed by atoms with van der Waals surface area (Å²) in [4.78, 5) is 20.8. The predicted molar refractivity (Wildman–Crippen MR) is 129 cm³/mol. The lowest BCUT2D eigenvalue weighted by molar-refractivity contribution is 0.123. The lowest BCUT2D eigenvalue weighted by Gasteiger charge is -2.31. The first-order valence-electron chi connectivity index (χ1n) is 10.5. The van der Waals surface area contributed by atoms with Crippen LogP contribution in [0.4, 0.5) is 20.5 Å². The number of thiophene rings is 1. The van der Waals surface area contributed by atoms with E-state index >= 15 is 0 Å². The van der Waals surface area contributed by atoms with E-state index in [9.17, 15) is 9.90 Å². The van der Waals surface area contributed by atoms with E-state index in [1.807, 2.05) is 0 Å². The molecular weight excluding hydrogens is 471 g/mol. The van der Waals surface area contributed by atoms with E-state index in [2.05, 4.69) is 15.1 Å². The third-order valence-corrected chi connectivity index (χ3v) is 7.46. The van der Waals surface area contributed by atoms with Crippen molar-refractivity contribution in [3.8, 4) is 11.1 Å². The smallest absolute Gasteiger partial charge is 0.322 e. The van der Waals surface area contributed by atoms with Crippen LogP contribution in [0.25, 0.3) is 16.0 Å². The number of rotatable bonds is 4. The lowest BCUT2D eigenvalue weighted by Crippen LogP contribution is -2.43. The molecule has 1 atom stereocenters. The molecule has 1 aromatic carbocycles. The molecule has 2 N–H and O–H groups in total. The summed E-state index contributed by atoms with van der Waals surface area (Å²) in [5, 5.41) is 14.8. The number of likely N-dealkylation sites (tertiary alicyclic amines) is 1. The van der Waals surface area contributed by atoms with Gasteiger partial charge in [0, 0.05) is 48.4 Å². The number of carbonyl (C=O) groups excluding carboxylic acids is 1. The topological polar surface area (TPSA) is 69.4 Å². The quantitative estimate of drug-likeness (QED) is 0.562. The van der Waals surface area contributed by atoms with Crippen molar-refractivity contribution in [3.05, 3.63) is 39.7 Å². The summed E-state index contributed by atoms with van der Waals surface area (Å²) in [6, 6.07) is 4.91. The highest BCUT2D eigenvalue weighted by atomic mass is 35.5. The number of amides is 2. The Balaban J connectivity index is 1.73. The maximum Gasteiger partial charge on any atom is 0.322 e. The molecule has 2 fully saturated rings. The van der Waals surface area contributed by atoms with Gasteiger partial charge in [-0.1, -0.05) is 29.3 Å². The van der Waals surface area contributed by atoms with Gasteiger partial charge in [-0.25, -0.2) is 9.64 Å². The fourth-order valence-electron chi connectivity index (χ4n) is 4.10. The highest BCUT2D eigenvalue weighted by molar-refractivity contribution is 7.21. The number of urea groups is 1. The summed E-state index contributed by atoms with van der Waals surface area (Å²) < 4.78 is 5.47. The van der Waals surface area contributed by atoms with Crippen molar-refractivity contribution in [2.45, 2.75) is 12.8 Å². The number of halogens is 2. The van der Waals surface area contributed by atoms with E-state index in [0.29, 0.717) is 71.3 Å². The Hall–Kier alpha value is -2.02. The maximum atomic E-state index is 13.1. The number of aliphatic hydroxyl groups excluding tert-OH is 1. The number of aliphatic hydroxyl groups is 1. The minimum absolute atomic E-state index is 0.0669. The molecule has 0 spiro atoms. The lowest BCUT2D eigenvalue weighted by atomic mass is 9.99. The first kappa shape index (κ1) is 23.1. The standard InChI is InChI=1S/C22H24Cl2N4O3S/c1-25-19-18(16-5-4-15(23)11-17(16)24)20(32-21(19)27-7-9-31-10-8-27)26-22(30)28-6-2-3-14(12-28)13-29/h4-5,11,14,29H,2-3,6-10,12-13H2,(H,26,30). The minimum Gasteiger partial charge on any atom is -0.396 e. The highest BCUT2D eigenvalue weighted by Crippen LogP contribution is 2.53. The van der Waals surface area contributed by atoms with E-state index < -0.39 is 0 Å². The molecule has 1 aromatic heterocycles. The molecule has 1 unspecified atom stereocenters. The van der Waals surface area contributed by atoms with Crippen LogP contribution in [0.2, 0.25) is 10.0 Å². The zero-order valence-electron chi connectivity index (χ0n) is 17.4. The number of piperidine rings is 1. The van der Waals surface area contributed by atoms with Crippen LogP contribution in [-0.2, 0) is 4.74 Å². The average molecular weight is 495 g/mol. The average Bonchev–Trinajstić information content (AvgIpc) is 3.17. The van der Waals surface area contributed by atoms with Crippen LogP contribution < -0.4 is 10.2 Å². The van der Waals surface area contributed by atoms with Crippen LogP contribution in [0.5, 0.6) is 0 Å². The second kappa shape index (κ2) is 10.3. The van der Waals surface area contributed by atoms with Crippen molar-refractivity contribution in [1.82, 2.24) is 4.90 Å². The van der Waals surface area contributed by atoms with Crippen LogP contribution in [0.3, 0.4) is 0 Å². The number of nitrogens with zero attached hydrogens (tertiary/aromatic N) is 3. The predicted octanol–water partition coefficient (Wildman–Crippen LogP) is 5.35. The van der Waals surface area contributed by atoms with E-state index in [1.54, 1.807) is 23.1 Å². The summed E-state index contributed by atoms with van der Waals surface area (Å²) in [5.74, 6) is 0.0886. The molecule has 0 bridgehead atoms. The number of hydrogen-bond donors (Lipinski definition) is 2. The maximum absolute atomic E-state index is 13.1. The molecule has 0 saturated carbocycles. The third-order valence-electron chi connectivity index (χ3n) is 5.76. The molecule has 3 heterocycles. The minimum atomic E-state index is -0.235. The van der Waals surface area contributed by atoms with E-state index in [4.69, 9.17) is 34.5 Å². The number of ether oxygens (including phenoxy) is 1. The number of morpholine rings is 1. The monoisotopic (exact) mass is 494 g/mol. The Morgan fingerprint density at radius 1 is 1.31 bits per heavy atom. The SMILES string of the molecule is [C-]#[N+]c1c(N2CCOCC2)sc(NC(=O)N2CCCC(CO)C2)c1-c1ccc(Cl)cc1Cl. The summed E-state index contributed by atoms with van der Waals surface area (Å²) in [6.07, 6.45) is 1.76. The van der Waals surface area contributed by atoms with Crippen molar-refractivity contribution in [2.24, 2.45) is 5.92 Å². The molecule has 32 heavy (non-hydrogen) atoms. The van der Waals surface area contributed by atoms with Gasteiger partial charge in [-0.2, -0.15) is 0 Å². The second-order valence-electron chi connectivity index (χ2n) is 7.86. The fourth-order valence-corrected chi connectivity index (χ4v) is 5.80. The first-order chi connectivity index (χ1) is 15.5. The number of hydrogen-bond acceptors (Lipinski definition) is 5. The van der Waals surface area contributed by atoms with E-state index in [1.165, 1.54) is 11.3 Å².